The van der Waals surface area contributed by atoms with Gasteiger partial charge in [-0.3, -0.25) is 19.2 Å². The van der Waals surface area contributed by atoms with Crippen molar-refractivity contribution in [3.8, 4) is 0 Å². The van der Waals surface area contributed by atoms with Gasteiger partial charge in [-0.2, -0.15) is 0 Å². The minimum atomic E-state index is -1.07. The predicted molar refractivity (Wildman–Crippen MR) is 98.1 cm³/mol. The third kappa shape index (κ3) is 4.39. The van der Waals surface area contributed by atoms with Crippen LogP contribution < -0.4 is 0 Å². The van der Waals surface area contributed by atoms with Crippen LogP contribution >= 0.6 is 0 Å². The molecule has 156 valence electrons. The zero-order valence-electron chi connectivity index (χ0n) is 16.6. The summed E-state index contributed by atoms with van der Waals surface area (Å²) in [6.07, 6.45) is 6.25. The number of ether oxygens (including phenoxy) is 2. The molecule has 7 heteroatoms. The van der Waals surface area contributed by atoms with E-state index in [9.17, 15) is 19.2 Å². The quantitative estimate of drug-likeness (QED) is 0.364. The molecule has 1 N–H and O–H groups in total. The molecular formula is C21H30O7. The van der Waals surface area contributed by atoms with Gasteiger partial charge in [0.15, 0.2) is 0 Å². The van der Waals surface area contributed by atoms with Gasteiger partial charge in [-0.1, -0.05) is 13.8 Å². The lowest BCUT2D eigenvalue weighted by molar-refractivity contribution is -0.161. The molecule has 4 bridgehead atoms. The Labute approximate surface area is 165 Å². The van der Waals surface area contributed by atoms with Gasteiger partial charge in [-0.15, -0.1) is 0 Å². The van der Waals surface area contributed by atoms with Gasteiger partial charge < -0.3 is 14.6 Å². The maximum atomic E-state index is 12.8. The number of carbonyl (C=O) groups is 4. The van der Waals surface area contributed by atoms with Crippen LogP contribution in [0.15, 0.2) is 0 Å². The molecule has 0 heterocycles. The Bertz CT molecular complexity index is 618. The highest BCUT2D eigenvalue weighted by Crippen LogP contribution is 2.60. The van der Waals surface area contributed by atoms with Gasteiger partial charge in [0, 0.05) is 5.41 Å². The van der Waals surface area contributed by atoms with Crippen molar-refractivity contribution in [3.63, 3.8) is 0 Å². The van der Waals surface area contributed by atoms with Gasteiger partial charge in [0.05, 0.1) is 11.8 Å². The number of aliphatic carboxylic acids is 1. The van der Waals surface area contributed by atoms with E-state index in [2.05, 4.69) is 0 Å². The Morgan fingerprint density at radius 3 is 1.89 bits per heavy atom. The molecule has 4 saturated carbocycles. The highest BCUT2D eigenvalue weighted by atomic mass is 16.6. The lowest BCUT2D eigenvalue weighted by Crippen LogP contribution is -2.50. The molecule has 4 rings (SSSR count). The highest BCUT2D eigenvalue weighted by Gasteiger charge is 2.54. The molecule has 0 saturated heterocycles. The molecule has 4 fully saturated rings. The fourth-order valence-corrected chi connectivity index (χ4v) is 5.67. The molecular weight excluding hydrogens is 364 g/mol. The monoisotopic (exact) mass is 394 g/mol. The lowest BCUT2D eigenvalue weighted by atomic mass is 9.48. The highest BCUT2D eigenvalue weighted by molar-refractivity contribution is 5.99. The lowest BCUT2D eigenvalue weighted by Gasteiger charge is -2.55. The second-order valence-electron chi connectivity index (χ2n) is 9.10. The zero-order valence-corrected chi connectivity index (χ0v) is 16.6. The summed E-state index contributed by atoms with van der Waals surface area (Å²) in [7, 11) is 0. The van der Waals surface area contributed by atoms with Crippen molar-refractivity contribution < 1.29 is 33.8 Å². The molecule has 0 radical (unpaired) electrons. The van der Waals surface area contributed by atoms with Crippen LogP contribution in [0.1, 0.15) is 58.8 Å². The average Bonchev–Trinajstić information content (AvgIpc) is 2.62. The molecule has 2 unspecified atom stereocenters. The van der Waals surface area contributed by atoms with E-state index >= 15 is 0 Å². The van der Waals surface area contributed by atoms with Gasteiger partial charge in [0.2, 0.25) is 0 Å². The first-order valence-electron chi connectivity index (χ1n) is 10.3. The standard InChI is InChI=1S/C21H30O7/c1-12(19(24)25)13(2)20(26)28-4-3-27-18(23)8-17(22)21-9-14-5-15(10-21)7-16(6-14)11-21/h12-16H,3-11H2,1-2H3,(H,24,25). The number of carboxylic acids is 1. The summed E-state index contributed by atoms with van der Waals surface area (Å²) in [6.45, 7) is 2.64. The number of ketones is 1. The van der Waals surface area contributed by atoms with Crippen LogP contribution in [0.2, 0.25) is 0 Å². The number of rotatable bonds is 9. The van der Waals surface area contributed by atoms with E-state index in [-0.39, 0.29) is 30.8 Å². The van der Waals surface area contributed by atoms with Crippen molar-refractivity contribution in [3.05, 3.63) is 0 Å². The molecule has 0 aliphatic heterocycles. The van der Waals surface area contributed by atoms with Crippen molar-refractivity contribution in [2.24, 2.45) is 35.0 Å². The molecule has 0 aromatic carbocycles. The minimum Gasteiger partial charge on any atom is -0.481 e. The van der Waals surface area contributed by atoms with E-state index in [1.54, 1.807) is 0 Å². The van der Waals surface area contributed by atoms with Crippen molar-refractivity contribution in [2.75, 3.05) is 13.2 Å². The minimum absolute atomic E-state index is 0.0116. The van der Waals surface area contributed by atoms with E-state index in [1.165, 1.54) is 33.1 Å². The maximum absolute atomic E-state index is 12.8. The van der Waals surface area contributed by atoms with Crippen molar-refractivity contribution in [1.29, 1.82) is 0 Å². The number of Topliss-reactive ketones (excluding diaryl/α,β-unsaturated/α-hetero) is 1. The molecule has 2 atom stereocenters. The molecule has 0 aromatic rings. The molecule has 7 nitrogen and oxygen atoms in total. The maximum Gasteiger partial charge on any atom is 0.313 e. The summed E-state index contributed by atoms with van der Waals surface area (Å²) in [5.41, 5.74) is -0.317. The summed E-state index contributed by atoms with van der Waals surface area (Å²) in [5, 5.41) is 8.91. The first kappa shape index (κ1) is 20.8. The average molecular weight is 394 g/mol. The Kier molecular flexibility index (Phi) is 6.10. The SMILES string of the molecule is CC(C(=O)O)C(C)C(=O)OCCOC(=O)CC(=O)C12CC3CC(CC(C3)C1)C2. The van der Waals surface area contributed by atoms with E-state index in [1.807, 2.05) is 0 Å². The molecule has 0 aromatic heterocycles. The third-order valence-corrected chi connectivity index (χ3v) is 7.04. The number of hydrogen-bond donors (Lipinski definition) is 1. The second kappa shape index (κ2) is 8.21. The first-order valence-corrected chi connectivity index (χ1v) is 10.3. The summed E-state index contributed by atoms with van der Waals surface area (Å²) < 4.78 is 10.0. The smallest absolute Gasteiger partial charge is 0.313 e. The van der Waals surface area contributed by atoms with E-state index in [4.69, 9.17) is 14.6 Å². The second-order valence-corrected chi connectivity index (χ2v) is 9.10. The van der Waals surface area contributed by atoms with E-state index < -0.39 is 29.7 Å². The topological polar surface area (TPSA) is 107 Å². The Morgan fingerprint density at radius 2 is 1.39 bits per heavy atom. The Hall–Kier alpha value is -1.92. The van der Waals surface area contributed by atoms with Crippen LogP contribution in [0, 0.1) is 35.0 Å². The fraction of sp³-hybridized carbons (Fsp3) is 0.810. The molecule has 0 amide bonds. The van der Waals surface area contributed by atoms with Gasteiger partial charge in [0.1, 0.15) is 25.4 Å². The predicted octanol–water partition coefficient (Wildman–Crippen LogP) is 2.61. The Morgan fingerprint density at radius 1 is 0.893 bits per heavy atom. The first-order chi connectivity index (χ1) is 13.2. The zero-order chi connectivity index (χ0) is 20.5. The summed E-state index contributed by atoms with van der Waals surface area (Å²) in [5.74, 6) is -2.00. The van der Waals surface area contributed by atoms with Crippen molar-refractivity contribution >= 4 is 23.7 Å². The summed E-state index contributed by atoms with van der Waals surface area (Å²) in [6, 6.07) is 0. The van der Waals surface area contributed by atoms with Crippen LogP contribution in [0.4, 0.5) is 0 Å². The van der Waals surface area contributed by atoms with Crippen LogP contribution in [-0.4, -0.2) is 42.0 Å². The van der Waals surface area contributed by atoms with E-state index in [0.29, 0.717) is 17.8 Å². The van der Waals surface area contributed by atoms with Gasteiger partial charge in [0.25, 0.3) is 0 Å². The van der Waals surface area contributed by atoms with E-state index in [0.717, 1.165) is 19.3 Å². The number of hydrogen-bond acceptors (Lipinski definition) is 6. The molecule has 0 spiro atoms. The van der Waals surface area contributed by atoms with Crippen LogP contribution in [0.5, 0.6) is 0 Å². The van der Waals surface area contributed by atoms with Crippen LogP contribution in [0.3, 0.4) is 0 Å². The molecule has 28 heavy (non-hydrogen) atoms. The molecule has 4 aliphatic carbocycles. The number of esters is 2. The van der Waals surface area contributed by atoms with Gasteiger partial charge >= 0.3 is 17.9 Å². The number of carbonyl (C=O) groups excluding carboxylic acids is 3. The van der Waals surface area contributed by atoms with Crippen molar-refractivity contribution in [2.45, 2.75) is 58.8 Å². The van der Waals surface area contributed by atoms with Crippen LogP contribution in [-0.2, 0) is 28.7 Å². The molecule has 4 aliphatic rings. The number of carboxylic acid groups (broad SMARTS) is 1. The van der Waals surface area contributed by atoms with Crippen molar-refractivity contribution in [1.82, 2.24) is 0 Å². The van der Waals surface area contributed by atoms with Gasteiger partial charge in [-0.05, 0) is 56.3 Å². The third-order valence-electron chi connectivity index (χ3n) is 7.04. The van der Waals surface area contributed by atoms with Gasteiger partial charge in [-0.25, -0.2) is 0 Å². The van der Waals surface area contributed by atoms with Crippen LogP contribution in [0.25, 0.3) is 0 Å². The Balaban J connectivity index is 1.39. The largest absolute Gasteiger partial charge is 0.481 e. The summed E-state index contributed by atoms with van der Waals surface area (Å²) in [4.78, 5) is 47.6. The normalized spacial score (nSPS) is 32.4. The summed E-state index contributed by atoms with van der Waals surface area (Å²) >= 11 is 0. The fourth-order valence-electron chi connectivity index (χ4n) is 5.67.